The number of carbonyl (C=O) groups is 1. The maximum absolute atomic E-state index is 12.3. The molecule has 2 heterocycles. The number of rotatable bonds is 3. The molecule has 3 N–H and O–H groups in total. The molecule has 1 aliphatic heterocycles. The highest BCUT2D eigenvalue weighted by molar-refractivity contribution is 5.99. The number of fused-ring (bicyclic) bond motifs is 2. The maximum atomic E-state index is 12.3. The molecule has 0 bridgehead atoms. The zero-order valence-corrected chi connectivity index (χ0v) is 22.4. The number of aromatic amines is 1. The Labute approximate surface area is 219 Å². The van der Waals surface area contributed by atoms with E-state index in [1.807, 2.05) is 51.2 Å². The number of aromatic nitrogens is 1. The molecule has 0 fully saturated rings. The van der Waals surface area contributed by atoms with Crippen LogP contribution in [0.2, 0.25) is 0 Å². The van der Waals surface area contributed by atoms with Crippen molar-refractivity contribution in [2.45, 2.75) is 65.5 Å². The lowest BCUT2D eigenvalue weighted by Gasteiger charge is -2.43. The van der Waals surface area contributed by atoms with Gasteiger partial charge >= 0.3 is 0 Å². The fourth-order valence-corrected chi connectivity index (χ4v) is 5.62. The minimum absolute atomic E-state index is 0.106. The van der Waals surface area contributed by atoms with Gasteiger partial charge in [-0.3, -0.25) is 4.79 Å². The number of para-hydroxylation sites is 1. The van der Waals surface area contributed by atoms with Crippen LogP contribution in [0.1, 0.15) is 78.2 Å². The Morgan fingerprint density at radius 2 is 1.78 bits per heavy atom. The van der Waals surface area contributed by atoms with Crippen LogP contribution in [-0.4, -0.2) is 27.5 Å². The van der Waals surface area contributed by atoms with Crippen LogP contribution in [-0.2, 0) is 0 Å². The van der Waals surface area contributed by atoms with Crippen molar-refractivity contribution in [1.29, 1.82) is 0 Å². The van der Waals surface area contributed by atoms with Crippen LogP contribution in [0.5, 0.6) is 0 Å². The van der Waals surface area contributed by atoms with Crippen molar-refractivity contribution in [3.63, 3.8) is 0 Å². The summed E-state index contributed by atoms with van der Waals surface area (Å²) < 4.78 is 0. The predicted octanol–water partition coefficient (Wildman–Crippen LogP) is 7.11. The van der Waals surface area contributed by atoms with Gasteiger partial charge < -0.3 is 15.4 Å². The number of nitrogens with one attached hydrogen (secondary N) is 2. The van der Waals surface area contributed by atoms with E-state index in [0.29, 0.717) is 12.0 Å². The fourth-order valence-electron chi connectivity index (χ4n) is 5.62. The van der Waals surface area contributed by atoms with E-state index in [-0.39, 0.29) is 11.7 Å². The molecule has 37 heavy (non-hydrogen) atoms. The Morgan fingerprint density at radius 3 is 2.54 bits per heavy atom. The van der Waals surface area contributed by atoms with Crippen molar-refractivity contribution >= 4 is 22.4 Å². The zero-order valence-electron chi connectivity index (χ0n) is 22.4. The van der Waals surface area contributed by atoms with Crippen LogP contribution in [0.15, 0.2) is 54.7 Å². The molecule has 4 aromatic rings. The molecular weight excluding hydrogens is 456 g/mol. The minimum atomic E-state index is -0.579. The van der Waals surface area contributed by atoms with E-state index in [0.717, 1.165) is 44.6 Å². The minimum Gasteiger partial charge on any atom is -0.390 e. The van der Waals surface area contributed by atoms with Crippen molar-refractivity contribution < 1.29 is 9.90 Å². The monoisotopic (exact) mass is 490 g/mol. The number of H-pyrrole nitrogens is 1. The van der Waals surface area contributed by atoms with Crippen molar-refractivity contribution in [1.82, 2.24) is 4.98 Å². The van der Waals surface area contributed by atoms with Gasteiger partial charge in [0.05, 0.1) is 17.2 Å². The van der Waals surface area contributed by atoms with Gasteiger partial charge in [0.1, 0.15) is 0 Å². The van der Waals surface area contributed by atoms with E-state index in [4.69, 9.17) is 0 Å². The normalized spacial score (nSPS) is 18.0. The molecule has 188 valence electrons. The molecule has 2 atom stereocenters. The Balaban J connectivity index is 1.79. The molecule has 1 unspecified atom stereocenters. The molecule has 0 saturated carbocycles. The third kappa shape index (κ3) is 4.24. The number of aryl methyl sites for hydroxylation is 2. The third-order valence-corrected chi connectivity index (χ3v) is 7.73. The molecule has 0 radical (unpaired) electrons. The summed E-state index contributed by atoms with van der Waals surface area (Å²) in [6.07, 6.45) is 1.92. The SMILES string of the molecule is CCC(=O)c1cccc(C#Cc2c(-c3cccc4c(C)c[nH]c34)cc(C)c3c2[C@H](C)C(O)C(C)(C)N3)c1. The lowest BCUT2D eigenvalue weighted by atomic mass is 9.75. The summed E-state index contributed by atoms with van der Waals surface area (Å²) in [5, 5.41) is 16.0. The summed E-state index contributed by atoms with van der Waals surface area (Å²) >= 11 is 0. The topological polar surface area (TPSA) is 65.1 Å². The summed E-state index contributed by atoms with van der Waals surface area (Å²) in [4.78, 5) is 15.8. The van der Waals surface area contributed by atoms with Crippen LogP contribution in [0.3, 0.4) is 0 Å². The number of benzene rings is 3. The molecular formula is C33H34N2O2. The van der Waals surface area contributed by atoms with Gasteiger partial charge in [0.25, 0.3) is 0 Å². The first kappa shape index (κ1) is 24.9. The summed E-state index contributed by atoms with van der Waals surface area (Å²) in [5.74, 6) is 6.83. The smallest absolute Gasteiger partial charge is 0.162 e. The summed E-state index contributed by atoms with van der Waals surface area (Å²) in [5.41, 5.74) is 9.52. The second-order valence-corrected chi connectivity index (χ2v) is 10.8. The number of ketones is 1. The summed E-state index contributed by atoms with van der Waals surface area (Å²) in [6, 6.07) is 16.1. The molecule has 1 aromatic heterocycles. The van der Waals surface area contributed by atoms with Crippen LogP contribution in [0.4, 0.5) is 5.69 Å². The van der Waals surface area contributed by atoms with Crippen LogP contribution in [0, 0.1) is 25.7 Å². The van der Waals surface area contributed by atoms with E-state index < -0.39 is 11.6 Å². The molecule has 0 aliphatic carbocycles. The lowest BCUT2D eigenvalue weighted by Crippen LogP contribution is -2.50. The number of carbonyl (C=O) groups excluding carboxylic acids is 1. The second-order valence-electron chi connectivity index (χ2n) is 10.8. The average Bonchev–Trinajstić information content (AvgIpc) is 3.27. The molecule has 0 saturated heterocycles. The highest BCUT2D eigenvalue weighted by atomic mass is 16.3. The molecule has 1 aliphatic rings. The van der Waals surface area contributed by atoms with Crippen LogP contribution < -0.4 is 5.32 Å². The van der Waals surface area contributed by atoms with Crippen molar-refractivity contribution in [2.75, 3.05) is 5.32 Å². The maximum Gasteiger partial charge on any atom is 0.162 e. The Morgan fingerprint density at radius 1 is 1.03 bits per heavy atom. The van der Waals surface area contributed by atoms with Gasteiger partial charge in [-0.15, -0.1) is 0 Å². The quantitative estimate of drug-likeness (QED) is 0.212. The van der Waals surface area contributed by atoms with Crippen molar-refractivity contribution in [2.24, 2.45) is 0 Å². The van der Waals surface area contributed by atoms with Gasteiger partial charge in [-0.25, -0.2) is 0 Å². The lowest BCUT2D eigenvalue weighted by molar-refractivity contribution is 0.0868. The van der Waals surface area contributed by atoms with Gasteiger partial charge in [-0.1, -0.05) is 56.0 Å². The number of Topliss-reactive ketones (excluding diaryl/α,β-unsaturated/α-hetero) is 1. The third-order valence-electron chi connectivity index (χ3n) is 7.73. The van der Waals surface area contributed by atoms with Crippen LogP contribution >= 0.6 is 0 Å². The van der Waals surface area contributed by atoms with Gasteiger partial charge in [0.2, 0.25) is 0 Å². The van der Waals surface area contributed by atoms with Crippen molar-refractivity contribution in [3.05, 3.63) is 88.1 Å². The van der Waals surface area contributed by atoms with E-state index in [2.05, 4.69) is 67.2 Å². The second kappa shape index (κ2) is 9.25. The Hall–Kier alpha value is -3.81. The van der Waals surface area contributed by atoms with Gasteiger partial charge in [-0.05, 0) is 62.6 Å². The number of anilines is 1. The van der Waals surface area contributed by atoms with E-state index in [9.17, 15) is 9.90 Å². The van der Waals surface area contributed by atoms with Gasteiger partial charge in [0.15, 0.2) is 5.78 Å². The highest BCUT2D eigenvalue weighted by Gasteiger charge is 2.40. The first-order valence-electron chi connectivity index (χ1n) is 13.0. The van der Waals surface area contributed by atoms with Crippen LogP contribution in [0.25, 0.3) is 22.0 Å². The number of hydrogen-bond donors (Lipinski definition) is 3. The first-order valence-corrected chi connectivity index (χ1v) is 13.0. The molecule has 0 amide bonds. The zero-order chi connectivity index (χ0) is 26.5. The van der Waals surface area contributed by atoms with E-state index in [1.54, 1.807) is 0 Å². The molecule has 4 heteroatoms. The fraction of sp³-hybridized carbons (Fsp3) is 0.303. The molecule has 5 rings (SSSR count). The Kier molecular flexibility index (Phi) is 6.22. The number of hydrogen-bond acceptors (Lipinski definition) is 3. The predicted molar refractivity (Wildman–Crippen MR) is 152 cm³/mol. The van der Waals surface area contributed by atoms with Gasteiger partial charge in [0, 0.05) is 57.4 Å². The van der Waals surface area contributed by atoms with E-state index in [1.165, 1.54) is 10.9 Å². The Bertz CT molecular complexity index is 1600. The molecule has 3 aromatic carbocycles. The first-order chi connectivity index (χ1) is 17.6. The number of aliphatic hydroxyl groups excluding tert-OH is 1. The standard InChI is InChI=1S/C33H34N2O2/c1-7-28(36)23-11-8-10-22(17-23)14-15-25-27(26-13-9-12-24-20(3)18-34-31(24)26)16-19(2)30-29(25)21(4)32(37)33(5,6)35-30/h8-13,16-18,21,32,34-35,37H,7H2,1-6H3/t21-,32?/m0/s1. The molecule has 4 nitrogen and oxygen atoms in total. The van der Waals surface area contributed by atoms with Crippen molar-refractivity contribution in [3.8, 4) is 23.0 Å². The summed E-state index contributed by atoms with van der Waals surface area (Å²) in [6.45, 7) is 12.3. The average molecular weight is 491 g/mol. The molecule has 0 spiro atoms. The number of aliphatic hydroxyl groups is 1. The largest absolute Gasteiger partial charge is 0.390 e. The summed E-state index contributed by atoms with van der Waals surface area (Å²) in [7, 11) is 0. The van der Waals surface area contributed by atoms with Gasteiger partial charge in [-0.2, -0.15) is 0 Å². The van der Waals surface area contributed by atoms with E-state index >= 15 is 0 Å². The highest BCUT2D eigenvalue weighted by Crippen LogP contribution is 2.46.